The van der Waals surface area contributed by atoms with E-state index in [0.717, 1.165) is 11.8 Å². The van der Waals surface area contributed by atoms with Gasteiger partial charge in [0.1, 0.15) is 0 Å². The van der Waals surface area contributed by atoms with E-state index in [1.54, 1.807) is 0 Å². The molecule has 0 aromatic carbocycles. The molecule has 0 aliphatic heterocycles. The van der Waals surface area contributed by atoms with Crippen LogP contribution in [0.2, 0.25) is 0 Å². The van der Waals surface area contributed by atoms with Crippen molar-refractivity contribution in [3.63, 3.8) is 0 Å². The maximum absolute atomic E-state index is 5.76. The van der Waals surface area contributed by atoms with Crippen molar-refractivity contribution in [2.75, 3.05) is 0 Å². The van der Waals surface area contributed by atoms with Crippen molar-refractivity contribution in [3.8, 4) is 0 Å². The van der Waals surface area contributed by atoms with Gasteiger partial charge in [-0.15, -0.1) is 0 Å². The Balaban J connectivity index is 2.17. The van der Waals surface area contributed by atoms with Crippen molar-refractivity contribution in [2.24, 2.45) is 17.6 Å². The van der Waals surface area contributed by atoms with Crippen LogP contribution in [0, 0.1) is 11.8 Å². The second-order valence-electron chi connectivity index (χ2n) is 4.34. The minimum Gasteiger partial charge on any atom is -0.328 e. The highest BCUT2D eigenvalue weighted by atomic mass is 14.6. The molecule has 11 heavy (non-hydrogen) atoms. The first-order chi connectivity index (χ1) is 5.18. The Hall–Kier alpha value is -0.0400. The van der Waals surface area contributed by atoms with Crippen molar-refractivity contribution in [2.45, 2.75) is 52.0 Å². The van der Waals surface area contributed by atoms with E-state index in [1.165, 1.54) is 32.1 Å². The number of rotatable bonds is 2. The Bertz CT molecular complexity index is 101. The van der Waals surface area contributed by atoms with Crippen LogP contribution in [0.15, 0.2) is 0 Å². The second kappa shape index (κ2) is 4.10. The molecule has 0 radical (unpaired) electrons. The Labute approximate surface area is 70.4 Å². The molecule has 1 nitrogen and oxygen atoms in total. The van der Waals surface area contributed by atoms with E-state index in [0.29, 0.717) is 6.04 Å². The zero-order chi connectivity index (χ0) is 8.27. The lowest BCUT2D eigenvalue weighted by Gasteiger charge is -2.27. The molecule has 66 valence electrons. The number of nitrogens with two attached hydrogens (primary N) is 1. The van der Waals surface area contributed by atoms with Gasteiger partial charge < -0.3 is 5.73 Å². The van der Waals surface area contributed by atoms with Crippen LogP contribution in [0.4, 0.5) is 0 Å². The van der Waals surface area contributed by atoms with E-state index in [2.05, 4.69) is 13.8 Å². The first-order valence-electron chi connectivity index (χ1n) is 4.94. The Morgan fingerprint density at radius 2 is 1.82 bits per heavy atom. The summed E-state index contributed by atoms with van der Waals surface area (Å²) in [7, 11) is 0. The standard InChI is InChI=1S/C10H21N/c1-8-3-5-10(6-4-8)7-9(2)11/h8-10H,3-7,11H2,1-2H3/t8?,9-,10?/m1/s1. The molecule has 0 aromatic heterocycles. The summed E-state index contributed by atoms with van der Waals surface area (Å²) in [6.07, 6.45) is 6.94. The lowest BCUT2D eigenvalue weighted by Crippen LogP contribution is -2.22. The largest absolute Gasteiger partial charge is 0.328 e. The number of hydrogen-bond acceptors (Lipinski definition) is 1. The average molecular weight is 155 g/mol. The van der Waals surface area contributed by atoms with Gasteiger partial charge in [-0.25, -0.2) is 0 Å². The lowest BCUT2D eigenvalue weighted by molar-refractivity contribution is 0.268. The van der Waals surface area contributed by atoms with Gasteiger partial charge in [0.15, 0.2) is 0 Å². The van der Waals surface area contributed by atoms with Crippen molar-refractivity contribution < 1.29 is 0 Å². The van der Waals surface area contributed by atoms with E-state index in [1.807, 2.05) is 0 Å². The Kier molecular flexibility index (Phi) is 3.38. The number of hydrogen-bond donors (Lipinski definition) is 1. The molecule has 1 fully saturated rings. The van der Waals surface area contributed by atoms with Crippen LogP contribution in [0.1, 0.15) is 46.0 Å². The van der Waals surface area contributed by atoms with Crippen molar-refractivity contribution >= 4 is 0 Å². The molecule has 1 saturated carbocycles. The maximum Gasteiger partial charge on any atom is 0.00131 e. The molecule has 1 rings (SSSR count). The normalized spacial score (nSPS) is 35.2. The van der Waals surface area contributed by atoms with E-state index >= 15 is 0 Å². The molecular weight excluding hydrogens is 134 g/mol. The fourth-order valence-electron chi connectivity index (χ4n) is 2.09. The molecule has 1 aliphatic carbocycles. The molecule has 0 unspecified atom stereocenters. The van der Waals surface area contributed by atoms with Gasteiger partial charge in [-0.3, -0.25) is 0 Å². The zero-order valence-corrected chi connectivity index (χ0v) is 7.84. The summed E-state index contributed by atoms with van der Waals surface area (Å²) in [5.74, 6) is 1.91. The summed E-state index contributed by atoms with van der Waals surface area (Å²) in [5, 5.41) is 0. The Morgan fingerprint density at radius 1 is 1.27 bits per heavy atom. The van der Waals surface area contributed by atoms with Gasteiger partial charge in [0.25, 0.3) is 0 Å². The molecule has 1 atom stereocenters. The van der Waals surface area contributed by atoms with E-state index in [-0.39, 0.29) is 0 Å². The molecule has 0 saturated heterocycles. The predicted molar refractivity (Wildman–Crippen MR) is 49.4 cm³/mol. The van der Waals surface area contributed by atoms with Gasteiger partial charge in [0.05, 0.1) is 0 Å². The van der Waals surface area contributed by atoms with Gasteiger partial charge in [0, 0.05) is 6.04 Å². The molecule has 0 aromatic rings. The first kappa shape index (κ1) is 9.05. The molecule has 0 bridgehead atoms. The summed E-state index contributed by atoms with van der Waals surface area (Å²) >= 11 is 0. The highest BCUT2D eigenvalue weighted by molar-refractivity contribution is 4.72. The fraction of sp³-hybridized carbons (Fsp3) is 1.00. The highest BCUT2D eigenvalue weighted by Gasteiger charge is 2.18. The minimum absolute atomic E-state index is 0.411. The summed E-state index contributed by atoms with van der Waals surface area (Å²) in [4.78, 5) is 0. The highest BCUT2D eigenvalue weighted by Crippen LogP contribution is 2.30. The van der Waals surface area contributed by atoms with Crippen LogP contribution in [0.3, 0.4) is 0 Å². The van der Waals surface area contributed by atoms with Crippen LogP contribution < -0.4 is 5.73 Å². The summed E-state index contributed by atoms with van der Waals surface area (Å²) in [6.45, 7) is 4.49. The molecule has 0 amide bonds. The van der Waals surface area contributed by atoms with Crippen molar-refractivity contribution in [3.05, 3.63) is 0 Å². The van der Waals surface area contributed by atoms with Crippen LogP contribution in [-0.4, -0.2) is 6.04 Å². The monoisotopic (exact) mass is 155 g/mol. The van der Waals surface area contributed by atoms with Gasteiger partial charge >= 0.3 is 0 Å². The zero-order valence-electron chi connectivity index (χ0n) is 7.84. The second-order valence-corrected chi connectivity index (χ2v) is 4.34. The Morgan fingerprint density at radius 3 is 2.27 bits per heavy atom. The molecule has 0 spiro atoms. The van der Waals surface area contributed by atoms with Crippen LogP contribution in [0.5, 0.6) is 0 Å². The summed E-state index contributed by atoms with van der Waals surface area (Å²) in [6, 6.07) is 0.411. The van der Waals surface area contributed by atoms with Gasteiger partial charge in [-0.2, -0.15) is 0 Å². The quantitative estimate of drug-likeness (QED) is 0.651. The third-order valence-electron chi connectivity index (χ3n) is 2.84. The third-order valence-corrected chi connectivity index (χ3v) is 2.84. The lowest BCUT2D eigenvalue weighted by atomic mass is 9.80. The third kappa shape index (κ3) is 3.24. The summed E-state index contributed by atoms with van der Waals surface area (Å²) in [5.41, 5.74) is 5.76. The van der Waals surface area contributed by atoms with E-state index in [9.17, 15) is 0 Å². The molecule has 0 heterocycles. The SMILES string of the molecule is CC1CCC(C[C@@H](C)N)CC1. The smallest absolute Gasteiger partial charge is 0.00131 e. The van der Waals surface area contributed by atoms with Crippen LogP contribution in [-0.2, 0) is 0 Å². The van der Waals surface area contributed by atoms with Gasteiger partial charge in [0.2, 0.25) is 0 Å². The molecule has 1 aliphatic rings. The van der Waals surface area contributed by atoms with Crippen molar-refractivity contribution in [1.29, 1.82) is 0 Å². The maximum atomic E-state index is 5.76. The van der Waals surface area contributed by atoms with E-state index in [4.69, 9.17) is 5.73 Å². The van der Waals surface area contributed by atoms with Gasteiger partial charge in [-0.1, -0.05) is 32.6 Å². The molecule has 1 heteroatoms. The first-order valence-corrected chi connectivity index (χ1v) is 4.94. The van der Waals surface area contributed by atoms with Crippen molar-refractivity contribution in [1.82, 2.24) is 0 Å². The van der Waals surface area contributed by atoms with Crippen LogP contribution >= 0.6 is 0 Å². The fourth-order valence-corrected chi connectivity index (χ4v) is 2.09. The average Bonchev–Trinajstić information content (AvgIpc) is 1.93. The van der Waals surface area contributed by atoms with Crippen LogP contribution in [0.25, 0.3) is 0 Å². The summed E-state index contributed by atoms with van der Waals surface area (Å²) < 4.78 is 0. The molecule has 2 N–H and O–H groups in total. The van der Waals surface area contributed by atoms with E-state index < -0.39 is 0 Å². The minimum atomic E-state index is 0.411. The topological polar surface area (TPSA) is 26.0 Å². The van der Waals surface area contributed by atoms with Gasteiger partial charge in [-0.05, 0) is 25.2 Å². The predicted octanol–water partition coefficient (Wildman–Crippen LogP) is 2.55. The molecular formula is C10H21N.